The van der Waals surface area contributed by atoms with Gasteiger partial charge < -0.3 is 15.0 Å². The SMILES string of the molecule is CC(C)CCNC(=O)c1cccc(CN2C(=O)COc3ccc(C(C)(C)C)cc32)c1. The van der Waals surface area contributed by atoms with Crippen molar-refractivity contribution in [3.63, 3.8) is 0 Å². The molecular weight excluding hydrogens is 376 g/mol. The van der Waals surface area contributed by atoms with Crippen molar-refractivity contribution in [3.05, 3.63) is 59.2 Å². The van der Waals surface area contributed by atoms with E-state index in [0.717, 1.165) is 23.2 Å². The molecule has 1 aliphatic rings. The summed E-state index contributed by atoms with van der Waals surface area (Å²) >= 11 is 0. The molecule has 0 unspecified atom stereocenters. The van der Waals surface area contributed by atoms with Crippen LogP contribution in [-0.2, 0) is 16.8 Å². The Morgan fingerprint density at radius 3 is 2.63 bits per heavy atom. The van der Waals surface area contributed by atoms with Crippen molar-refractivity contribution in [2.45, 2.75) is 53.0 Å². The summed E-state index contributed by atoms with van der Waals surface area (Å²) in [5.41, 5.74) is 3.41. The Balaban J connectivity index is 1.81. The number of rotatable bonds is 6. The van der Waals surface area contributed by atoms with Crippen LogP contribution < -0.4 is 15.0 Å². The zero-order valence-electron chi connectivity index (χ0n) is 18.6. The normalized spacial score (nSPS) is 13.8. The van der Waals surface area contributed by atoms with Gasteiger partial charge in [0.1, 0.15) is 5.75 Å². The van der Waals surface area contributed by atoms with Crippen molar-refractivity contribution in [1.82, 2.24) is 5.32 Å². The van der Waals surface area contributed by atoms with E-state index in [-0.39, 0.29) is 23.8 Å². The highest BCUT2D eigenvalue weighted by Crippen LogP contribution is 2.37. The van der Waals surface area contributed by atoms with Crippen molar-refractivity contribution in [2.75, 3.05) is 18.1 Å². The largest absolute Gasteiger partial charge is 0.482 e. The number of benzene rings is 2. The van der Waals surface area contributed by atoms with Crippen LogP contribution in [0.25, 0.3) is 0 Å². The number of nitrogens with zero attached hydrogens (tertiary/aromatic N) is 1. The lowest BCUT2D eigenvalue weighted by molar-refractivity contribution is -0.121. The number of carbonyl (C=O) groups excluding carboxylic acids is 2. The topological polar surface area (TPSA) is 58.6 Å². The molecule has 1 N–H and O–H groups in total. The van der Waals surface area contributed by atoms with E-state index in [9.17, 15) is 9.59 Å². The van der Waals surface area contributed by atoms with Gasteiger partial charge in [-0.1, -0.05) is 52.8 Å². The smallest absolute Gasteiger partial charge is 0.265 e. The number of carbonyl (C=O) groups is 2. The average Bonchev–Trinajstić information content (AvgIpc) is 2.69. The molecule has 0 fully saturated rings. The van der Waals surface area contributed by atoms with Gasteiger partial charge in [0.2, 0.25) is 0 Å². The monoisotopic (exact) mass is 408 g/mol. The van der Waals surface area contributed by atoms with E-state index in [1.165, 1.54) is 0 Å². The van der Waals surface area contributed by atoms with E-state index in [4.69, 9.17) is 4.74 Å². The van der Waals surface area contributed by atoms with Crippen molar-refractivity contribution < 1.29 is 14.3 Å². The van der Waals surface area contributed by atoms with Gasteiger partial charge in [-0.3, -0.25) is 9.59 Å². The van der Waals surface area contributed by atoms with Gasteiger partial charge in [0, 0.05) is 12.1 Å². The number of amides is 2. The van der Waals surface area contributed by atoms with E-state index in [0.29, 0.717) is 30.3 Å². The summed E-state index contributed by atoms with van der Waals surface area (Å²) in [5.74, 6) is 1.09. The molecule has 0 aromatic heterocycles. The van der Waals surface area contributed by atoms with Crippen molar-refractivity contribution in [2.24, 2.45) is 5.92 Å². The fourth-order valence-corrected chi connectivity index (χ4v) is 3.41. The number of hydrogen-bond donors (Lipinski definition) is 1. The van der Waals surface area contributed by atoms with Gasteiger partial charge in [-0.2, -0.15) is 0 Å². The lowest BCUT2D eigenvalue weighted by Gasteiger charge is -2.31. The third kappa shape index (κ3) is 5.21. The Hall–Kier alpha value is -2.82. The second-order valence-corrected chi connectivity index (χ2v) is 9.34. The Bertz CT molecular complexity index is 928. The van der Waals surface area contributed by atoms with Gasteiger partial charge >= 0.3 is 0 Å². The summed E-state index contributed by atoms with van der Waals surface area (Å²) < 4.78 is 5.64. The fraction of sp³-hybridized carbons (Fsp3) is 0.440. The van der Waals surface area contributed by atoms with Crippen LogP contribution in [0.5, 0.6) is 5.75 Å². The summed E-state index contributed by atoms with van der Waals surface area (Å²) in [4.78, 5) is 26.9. The Kier molecular flexibility index (Phi) is 6.49. The van der Waals surface area contributed by atoms with Gasteiger partial charge in [-0.15, -0.1) is 0 Å². The van der Waals surface area contributed by atoms with Gasteiger partial charge in [0.05, 0.1) is 12.2 Å². The second-order valence-electron chi connectivity index (χ2n) is 9.34. The van der Waals surface area contributed by atoms with Gasteiger partial charge in [-0.05, 0) is 53.1 Å². The van der Waals surface area contributed by atoms with Crippen LogP contribution in [0.3, 0.4) is 0 Å². The minimum atomic E-state index is -0.0830. The minimum absolute atomic E-state index is 0.0250. The molecule has 0 radical (unpaired) electrons. The number of anilines is 1. The van der Waals surface area contributed by atoms with Crippen LogP contribution in [-0.4, -0.2) is 25.0 Å². The molecule has 0 saturated carbocycles. The number of hydrogen-bond acceptors (Lipinski definition) is 3. The molecule has 0 spiro atoms. The fourth-order valence-electron chi connectivity index (χ4n) is 3.41. The maximum Gasteiger partial charge on any atom is 0.265 e. The molecule has 3 rings (SSSR count). The van der Waals surface area contributed by atoms with E-state index in [2.05, 4.69) is 46.0 Å². The van der Waals surface area contributed by atoms with E-state index in [1.54, 1.807) is 11.0 Å². The van der Waals surface area contributed by atoms with Crippen LogP contribution in [0.2, 0.25) is 0 Å². The first-order chi connectivity index (χ1) is 14.1. The second kappa shape index (κ2) is 8.90. The molecule has 5 nitrogen and oxygen atoms in total. The summed E-state index contributed by atoms with van der Waals surface area (Å²) in [6.45, 7) is 11.8. The molecule has 2 amide bonds. The van der Waals surface area contributed by atoms with Gasteiger partial charge in [-0.25, -0.2) is 0 Å². The standard InChI is InChI=1S/C25H32N2O3/c1-17(2)11-12-26-24(29)19-8-6-7-18(13-19)15-27-21-14-20(25(3,4)5)9-10-22(21)30-16-23(27)28/h6-10,13-14,17H,11-12,15-16H2,1-5H3,(H,26,29). The van der Waals surface area contributed by atoms with E-state index >= 15 is 0 Å². The molecule has 2 aromatic carbocycles. The lowest BCUT2D eigenvalue weighted by Crippen LogP contribution is -2.38. The molecule has 0 saturated heterocycles. The van der Waals surface area contributed by atoms with Crippen LogP contribution in [0.4, 0.5) is 5.69 Å². The lowest BCUT2D eigenvalue weighted by atomic mass is 9.86. The van der Waals surface area contributed by atoms with Crippen molar-refractivity contribution >= 4 is 17.5 Å². The average molecular weight is 409 g/mol. The molecule has 0 bridgehead atoms. The van der Waals surface area contributed by atoms with Crippen LogP contribution in [0.15, 0.2) is 42.5 Å². The molecule has 5 heteroatoms. The number of nitrogens with one attached hydrogen (secondary N) is 1. The number of ether oxygens (including phenoxy) is 1. The van der Waals surface area contributed by atoms with Crippen molar-refractivity contribution in [1.29, 1.82) is 0 Å². The number of fused-ring (bicyclic) bond motifs is 1. The molecule has 160 valence electrons. The summed E-state index contributed by atoms with van der Waals surface area (Å²) in [6, 6.07) is 13.5. The maximum absolute atomic E-state index is 12.7. The first-order valence-corrected chi connectivity index (χ1v) is 10.6. The Morgan fingerprint density at radius 2 is 1.93 bits per heavy atom. The van der Waals surface area contributed by atoms with Crippen LogP contribution in [0.1, 0.15) is 62.5 Å². The van der Waals surface area contributed by atoms with E-state index in [1.807, 2.05) is 30.3 Å². The van der Waals surface area contributed by atoms with Crippen LogP contribution in [0, 0.1) is 5.92 Å². The van der Waals surface area contributed by atoms with Crippen molar-refractivity contribution in [3.8, 4) is 5.75 Å². The maximum atomic E-state index is 12.7. The Labute approximate surface area is 179 Å². The molecule has 2 aromatic rings. The van der Waals surface area contributed by atoms with E-state index < -0.39 is 0 Å². The molecule has 1 aliphatic heterocycles. The Morgan fingerprint density at radius 1 is 1.17 bits per heavy atom. The van der Waals surface area contributed by atoms with Gasteiger partial charge in [0.15, 0.2) is 6.61 Å². The summed E-state index contributed by atoms with van der Waals surface area (Å²) in [7, 11) is 0. The highest BCUT2D eigenvalue weighted by molar-refractivity contribution is 5.98. The highest BCUT2D eigenvalue weighted by Gasteiger charge is 2.27. The summed E-state index contributed by atoms with van der Waals surface area (Å²) in [6.07, 6.45) is 0.945. The molecular formula is C25H32N2O3. The van der Waals surface area contributed by atoms with Gasteiger partial charge in [0.25, 0.3) is 11.8 Å². The minimum Gasteiger partial charge on any atom is -0.482 e. The zero-order chi connectivity index (χ0) is 21.9. The third-order valence-corrected chi connectivity index (χ3v) is 5.31. The predicted molar refractivity (Wildman–Crippen MR) is 120 cm³/mol. The molecule has 0 atom stereocenters. The molecule has 0 aliphatic carbocycles. The molecule has 30 heavy (non-hydrogen) atoms. The zero-order valence-corrected chi connectivity index (χ0v) is 18.6. The molecule has 1 heterocycles. The third-order valence-electron chi connectivity index (χ3n) is 5.31. The first-order valence-electron chi connectivity index (χ1n) is 10.6. The highest BCUT2D eigenvalue weighted by atomic mass is 16.5. The summed E-state index contributed by atoms with van der Waals surface area (Å²) in [5, 5.41) is 2.97. The first kappa shape index (κ1) is 21.9. The van der Waals surface area contributed by atoms with Crippen LogP contribution >= 0.6 is 0 Å². The predicted octanol–water partition coefficient (Wildman–Crippen LogP) is 4.69. The quantitative estimate of drug-likeness (QED) is 0.755.